The number of carbonyl (C=O) groups excluding carboxylic acids is 2. The van der Waals surface area contributed by atoms with Crippen molar-refractivity contribution in [1.82, 2.24) is 5.32 Å². The Morgan fingerprint density at radius 3 is 2.00 bits per heavy atom. The van der Waals surface area contributed by atoms with Crippen molar-refractivity contribution >= 4 is 17.5 Å². The quantitative estimate of drug-likeness (QED) is 0.619. The molecule has 0 saturated heterocycles. The molecule has 3 rings (SSSR count). The average Bonchev–Trinajstić information content (AvgIpc) is 2.76. The number of hydrogen-bond donors (Lipinski definition) is 2. The van der Waals surface area contributed by atoms with Crippen LogP contribution in [0, 0.1) is 18.3 Å². The highest BCUT2D eigenvalue weighted by Crippen LogP contribution is 2.23. The molecule has 6 nitrogen and oxygen atoms in total. The van der Waals surface area contributed by atoms with E-state index >= 15 is 0 Å². The van der Waals surface area contributed by atoms with Crippen molar-refractivity contribution in [2.45, 2.75) is 19.9 Å². The van der Waals surface area contributed by atoms with Crippen molar-refractivity contribution in [3.05, 3.63) is 89.5 Å². The summed E-state index contributed by atoms with van der Waals surface area (Å²) in [6.45, 7) is 3.81. The van der Waals surface area contributed by atoms with Gasteiger partial charge in [-0.25, -0.2) is 0 Å². The fourth-order valence-corrected chi connectivity index (χ4v) is 2.73. The molecule has 0 aromatic heterocycles. The number of nitrogens with one attached hydrogen (secondary N) is 2. The van der Waals surface area contributed by atoms with Gasteiger partial charge in [0.2, 0.25) is 0 Å². The van der Waals surface area contributed by atoms with Crippen LogP contribution in [0.25, 0.3) is 0 Å². The van der Waals surface area contributed by atoms with Crippen LogP contribution in [-0.4, -0.2) is 11.8 Å². The molecule has 150 valence electrons. The Morgan fingerprint density at radius 2 is 1.43 bits per heavy atom. The number of benzene rings is 3. The van der Waals surface area contributed by atoms with Crippen LogP contribution in [0.1, 0.15) is 29.7 Å². The molecule has 0 bridgehead atoms. The first-order chi connectivity index (χ1) is 14.4. The molecule has 0 fully saturated rings. The van der Waals surface area contributed by atoms with Gasteiger partial charge in [-0.05, 0) is 67.9 Å². The molecule has 3 aromatic rings. The molecule has 6 heteroatoms. The second-order valence-electron chi connectivity index (χ2n) is 6.82. The smallest absolute Gasteiger partial charge is 0.313 e. The summed E-state index contributed by atoms with van der Waals surface area (Å²) in [5.41, 5.74) is 3.08. The Morgan fingerprint density at radius 1 is 0.867 bits per heavy atom. The molecule has 0 unspecified atom stereocenters. The minimum absolute atomic E-state index is 0.285. The van der Waals surface area contributed by atoms with Gasteiger partial charge in [0, 0.05) is 5.69 Å². The van der Waals surface area contributed by atoms with E-state index in [1.165, 1.54) is 0 Å². The van der Waals surface area contributed by atoms with Crippen LogP contribution in [0.15, 0.2) is 72.8 Å². The standard InChI is InChI=1S/C24H21N3O3/c1-16-3-7-19(8-4-16)17(2)26-23(28)24(29)27-20-9-13-22(14-10-20)30-21-11-5-18(15-25)6-12-21/h3-14,17H,1-2H3,(H,26,28)(H,27,29)/t17-/m1/s1. The number of anilines is 1. The predicted octanol–water partition coefficient (Wildman–Crippen LogP) is 4.47. The van der Waals surface area contributed by atoms with Gasteiger partial charge in [0.1, 0.15) is 11.5 Å². The number of rotatable bonds is 5. The Hall–Kier alpha value is -4.11. The largest absolute Gasteiger partial charge is 0.457 e. The highest BCUT2D eigenvalue weighted by molar-refractivity contribution is 6.39. The molecule has 0 radical (unpaired) electrons. The molecular weight excluding hydrogens is 378 g/mol. The lowest BCUT2D eigenvalue weighted by Crippen LogP contribution is -2.36. The first-order valence-corrected chi connectivity index (χ1v) is 9.41. The van der Waals surface area contributed by atoms with Gasteiger partial charge in [0.25, 0.3) is 0 Å². The van der Waals surface area contributed by atoms with Crippen molar-refractivity contribution in [3.8, 4) is 17.6 Å². The zero-order valence-electron chi connectivity index (χ0n) is 16.7. The maximum atomic E-state index is 12.2. The maximum absolute atomic E-state index is 12.2. The minimum Gasteiger partial charge on any atom is -0.457 e. The second kappa shape index (κ2) is 9.39. The molecule has 0 aliphatic rings. The molecular formula is C24H21N3O3. The summed E-state index contributed by atoms with van der Waals surface area (Å²) in [6.07, 6.45) is 0. The minimum atomic E-state index is -0.741. The van der Waals surface area contributed by atoms with Gasteiger partial charge in [0.05, 0.1) is 17.7 Å². The molecule has 0 saturated carbocycles. The molecule has 0 aliphatic heterocycles. The molecule has 30 heavy (non-hydrogen) atoms. The number of aryl methyl sites for hydroxylation is 1. The number of nitrogens with zero attached hydrogens (tertiary/aromatic N) is 1. The fourth-order valence-electron chi connectivity index (χ4n) is 2.73. The first-order valence-electron chi connectivity index (χ1n) is 9.41. The van der Waals surface area contributed by atoms with E-state index in [4.69, 9.17) is 10.00 Å². The molecule has 3 aromatic carbocycles. The van der Waals surface area contributed by atoms with E-state index in [2.05, 4.69) is 10.6 Å². The summed E-state index contributed by atoms with van der Waals surface area (Å²) >= 11 is 0. The third-order valence-electron chi connectivity index (χ3n) is 4.46. The van der Waals surface area contributed by atoms with E-state index in [9.17, 15) is 9.59 Å². The number of nitriles is 1. The monoisotopic (exact) mass is 399 g/mol. The molecule has 2 N–H and O–H groups in total. The van der Waals surface area contributed by atoms with Crippen molar-refractivity contribution in [1.29, 1.82) is 5.26 Å². The Balaban J connectivity index is 1.54. The maximum Gasteiger partial charge on any atom is 0.313 e. The lowest BCUT2D eigenvalue weighted by molar-refractivity contribution is -0.136. The Labute approximate surface area is 175 Å². The van der Waals surface area contributed by atoms with Gasteiger partial charge in [-0.2, -0.15) is 5.26 Å². The summed E-state index contributed by atoms with van der Waals surface area (Å²) in [6, 6.07) is 22.9. The summed E-state index contributed by atoms with van der Waals surface area (Å²) in [4.78, 5) is 24.4. The Bertz CT molecular complexity index is 1070. The highest BCUT2D eigenvalue weighted by Gasteiger charge is 2.17. The zero-order valence-corrected chi connectivity index (χ0v) is 16.7. The van der Waals surface area contributed by atoms with Crippen LogP contribution < -0.4 is 15.4 Å². The SMILES string of the molecule is Cc1ccc([C@@H](C)NC(=O)C(=O)Nc2ccc(Oc3ccc(C#N)cc3)cc2)cc1. The van der Waals surface area contributed by atoms with Gasteiger partial charge in [-0.3, -0.25) is 9.59 Å². The average molecular weight is 399 g/mol. The summed E-state index contributed by atoms with van der Waals surface area (Å²) in [7, 11) is 0. The predicted molar refractivity (Wildman–Crippen MR) is 114 cm³/mol. The van der Waals surface area contributed by atoms with Crippen molar-refractivity contribution in [2.24, 2.45) is 0 Å². The molecule has 0 aliphatic carbocycles. The van der Waals surface area contributed by atoms with E-state index < -0.39 is 11.8 Å². The van der Waals surface area contributed by atoms with E-state index in [1.807, 2.05) is 44.2 Å². The van der Waals surface area contributed by atoms with Crippen LogP contribution in [0.4, 0.5) is 5.69 Å². The lowest BCUT2D eigenvalue weighted by atomic mass is 10.1. The number of hydrogen-bond acceptors (Lipinski definition) is 4. The fraction of sp³-hybridized carbons (Fsp3) is 0.125. The topological polar surface area (TPSA) is 91.2 Å². The van der Waals surface area contributed by atoms with Gasteiger partial charge in [-0.1, -0.05) is 29.8 Å². The normalized spacial score (nSPS) is 11.1. The van der Waals surface area contributed by atoms with Crippen LogP contribution >= 0.6 is 0 Å². The third kappa shape index (κ3) is 5.46. The van der Waals surface area contributed by atoms with Gasteiger partial charge < -0.3 is 15.4 Å². The van der Waals surface area contributed by atoms with E-state index in [1.54, 1.807) is 48.5 Å². The Kier molecular flexibility index (Phi) is 6.46. The van der Waals surface area contributed by atoms with E-state index in [0.29, 0.717) is 22.7 Å². The van der Waals surface area contributed by atoms with Crippen LogP contribution in [0.5, 0.6) is 11.5 Å². The first kappa shape index (κ1) is 20.6. The summed E-state index contributed by atoms with van der Waals surface area (Å²) in [5, 5.41) is 14.1. The van der Waals surface area contributed by atoms with Crippen molar-refractivity contribution in [3.63, 3.8) is 0 Å². The molecule has 0 heterocycles. The summed E-state index contributed by atoms with van der Waals surface area (Å²) < 4.78 is 5.69. The number of amides is 2. The summed E-state index contributed by atoms with van der Waals surface area (Å²) in [5.74, 6) is -0.291. The van der Waals surface area contributed by atoms with Crippen LogP contribution in [0.3, 0.4) is 0 Å². The van der Waals surface area contributed by atoms with Crippen LogP contribution in [-0.2, 0) is 9.59 Å². The zero-order chi connectivity index (χ0) is 21.5. The number of carbonyl (C=O) groups is 2. The van der Waals surface area contributed by atoms with E-state index in [-0.39, 0.29) is 6.04 Å². The molecule has 2 amide bonds. The molecule has 0 spiro atoms. The van der Waals surface area contributed by atoms with Gasteiger partial charge in [0.15, 0.2) is 0 Å². The van der Waals surface area contributed by atoms with Gasteiger partial charge in [-0.15, -0.1) is 0 Å². The second-order valence-corrected chi connectivity index (χ2v) is 6.82. The van der Waals surface area contributed by atoms with Crippen LogP contribution in [0.2, 0.25) is 0 Å². The number of ether oxygens (including phenoxy) is 1. The van der Waals surface area contributed by atoms with Crippen molar-refractivity contribution in [2.75, 3.05) is 5.32 Å². The lowest BCUT2D eigenvalue weighted by Gasteiger charge is -2.14. The molecule has 1 atom stereocenters. The van der Waals surface area contributed by atoms with Crippen molar-refractivity contribution < 1.29 is 14.3 Å². The van der Waals surface area contributed by atoms with E-state index in [0.717, 1.165) is 11.1 Å². The highest BCUT2D eigenvalue weighted by atomic mass is 16.5. The van der Waals surface area contributed by atoms with Gasteiger partial charge >= 0.3 is 11.8 Å². The third-order valence-corrected chi connectivity index (χ3v) is 4.46.